The van der Waals surface area contributed by atoms with Crippen molar-refractivity contribution in [3.63, 3.8) is 0 Å². The summed E-state index contributed by atoms with van der Waals surface area (Å²) >= 11 is 0. The highest BCUT2D eigenvalue weighted by molar-refractivity contribution is 5.67. The van der Waals surface area contributed by atoms with Crippen LogP contribution < -0.4 is 0 Å². The van der Waals surface area contributed by atoms with E-state index in [9.17, 15) is 4.79 Å². The molecule has 0 aliphatic heterocycles. The largest absolute Gasteiger partial charge is 0.480 e. The van der Waals surface area contributed by atoms with Crippen LogP contribution in [-0.4, -0.2) is 34.9 Å². The molecule has 0 bridgehead atoms. The van der Waals surface area contributed by atoms with Crippen molar-refractivity contribution in [1.82, 2.24) is 10.1 Å². The predicted octanol–water partition coefficient (Wildman–Crippen LogP) is 1.48. The summed E-state index contributed by atoms with van der Waals surface area (Å²) in [7, 11) is 1.66. The van der Waals surface area contributed by atoms with Crippen LogP contribution in [0.5, 0.6) is 0 Å². The standard InChI is InChI=1S/C12H18N2O5/c1-17-12(5-3-2-4-6-12)11-13-9(19-14-11)7-18-8-10(15)16/h2-8H2,1H3,(H,15,16). The number of ether oxygens (including phenoxy) is 2. The maximum absolute atomic E-state index is 10.3. The van der Waals surface area contributed by atoms with Gasteiger partial charge in [0, 0.05) is 7.11 Å². The lowest BCUT2D eigenvalue weighted by Gasteiger charge is -2.32. The predicted molar refractivity (Wildman–Crippen MR) is 63.4 cm³/mol. The first-order valence-electron chi connectivity index (χ1n) is 6.34. The molecule has 1 saturated carbocycles. The molecule has 1 fully saturated rings. The third-order valence-electron chi connectivity index (χ3n) is 3.38. The number of methoxy groups -OCH3 is 1. The molecule has 1 aliphatic rings. The first-order chi connectivity index (χ1) is 9.16. The minimum atomic E-state index is -1.03. The molecule has 0 aromatic carbocycles. The molecule has 1 aromatic heterocycles. The van der Waals surface area contributed by atoms with E-state index in [4.69, 9.17) is 19.1 Å². The Hall–Kier alpha value is -1.47. The van der Waals surface area contributed by atoms with Crippen molar-refractivity contribution in [2.24, 2.45) is 0 Å². The zero-order valence-corrected chi connectivity index (χ0v) is 10.9. The minimum Gasteiger partial charge on any atom is -0.480 e. The Morgan fingerprint density at radius 2 is 2.16 bits per heavy atom. The Morgan fingerprint density at radius 1 is 1.42 bits per heavy atom. The molecule has 0 radical (unpaired) electrons. The highest BCUT2D eigenvalue weighted by Crippen LogP contribution is 2.38. The van der Waals surface area contributed by atoms with E-state index >= 15 is 0 Å². The summed E-state index contributed by atoms with van der Waals surface area (Å²) in [5, 5.41) is 12.4. The van der Waals surface area contributed by atoms with Crippen molar-refractivity contribution >= 4 is 5.97 Å². The Labute approximate surface area is 110 Å². The summed E-state index contributed by atoms with van der Waals surface area (Å²) in [5.74, 6) is -0.220. The van der Waals surface area contributed by atoms with Crippen molar-refractivity contribution < 1.29 is 23.9 Å². The topological polar surface area (TPSA) is 94.7 Å². The molecule has 0 amide bonds. The van der Waals surface area contributed by atoms with Crippen LogP contribution in [-0.2, 0) is 26.5 Å². The molecule has 1 aromatic rings. The van der Waals surface area contributed by atoms with Gasteiger partial charge in [-0.05, 0) is 12.8 Å². The van der Waals surface area contributed by atoms with Gasteiger partial charge < -0.3 is 19.1 Å². The lowest BCUT2D eigenvalue weighted by molar-refractivity contribution is -0.142. The molecule has 1 heterocycles. The van der Waals surface area contributed by atoms with Crippen molar-refractivity contribution in [1.29, 1.82) is 0 Å². The number of carboxylic acid groups (broad SMARTS) is 1. The zero-order chi connectivity index (χ0) is 13.7. The Kier molecular flexibility index (Phi) is 4.49. The van der Waals surface area contributed by atoms with Crippen LogP contribution in [0, 0.1) is 0 Å². The van der Waals surface area contributed by atoms with Crippen molar-refractivity contribution in [3.8, 4) is 0 Å². The van der Waals surface area contributed by atoms with Crippen molar-refractivity contribution in [2.45, 2.75) is 44.3 Å². The van der Waals surface area contributed by atoms with E-state index in [1.807, 2.05) is 0 Å². The lowest BCUT2D eigenvalue weighted by atomic mass is 9.84. The summed E-state index contributed by atoms with van der Waals surface area (Å²) < 4.78 is 15.6. The third-order valence-corrected chi connectivity index (χ3v) is 3.38. The fourth-order valence-electron chi connectivity index (χ4n) is 2.37. The average molecular weight is 270 g/mol. The number of nitrogens with zero attached hydrogens (tertiary/aromatic N) is 2. The monoisotopic (exact) mass is 270 g/mol. The van der Waals surface area contributed by atoms with Gasteiger partial charge >= 0.3 is 5.97 Å². The van der Waals surface area contributed by atoms with Crippen LogP contribution in [0.1, 0.15) is 43.8 Å². The van der Waals surface area contributed by atoms with E-state index in [1.54, 1.807) is 7.11 Å². The molecule has 7 nitrogen and oxygen atoms in total. The van der Waals surface area contributed by atoms with E-state index in [0.717, 1.165) is 25.7 Å². The van der Waals surface area contributed by atoms with Gasteiger partial charge in [0.15, 0.2) is 0 Å². The minimum absolute atomic E-state index is 0.000899. The van der Waals surface area contributed by atoms with Crippen LogP contribution in [0.15, 0.2) is 4.52 Å². The third kappa shape index (κ3) is 3.30. The zero-order valence-electron chi connectivity index (χ0n) is 10.9. The van der Waals surface area contributed by atoms with E-state index in [1.165, 1.54) is 6.42 Å². The maximum atomic E-state index is 10.3. The summed E-state index contributed by atoms with van der Waals surface area (Å²) in [6, 6.07) is 0. The fourth-order valence-corrected chi connectivity index (χ4v) is 2.37. The molecule has 0 atom stereocenters. The molecular weight excluding hydrogens is 252 g/mol. The van der Waals surface area contributed by atoms with Crippen molar-refractivity contribution in [2.75, 3.05) is 13.7 Å². The molecule has 0 saturated heterocycles. The summed E-state index contributed by atoms with van der Waals surface area (Å²) in [5.41, 5.74) is -0.465. The van der Waals surface area contributed by atoms with Crippen LogP contribution in [0.3, 0.4) is 0 Å². The number of carbonyl (C=O) groups is 1. The van der Waals surface area contributed by atoms with Crippen LogP contribution in [0.4, 0.5) is 0 Å². The second kappa shape index (κ2) is 6.12. The van der Waals surface area contributed by atoms with Gasteiger partial charge in [-0.2, -0.15) is 4.98 Å². The number of hydrogen-bond donors (Lipinski definition) is 1. The Morgan fingerprint density at radius 3 is 2.79 bits per heavy atom. The van der Waals surface area contributed by atoms with E-state index in [-0.39, 0.29) is 19.1 Å². The normalized spacial score (nSPS) is 18.4. The molecule has 0 spiro atoms. The van der Waals surface area contributed by atoms with Gasteiger partial charge in [-0.1, -0.05) is 24.4 Å². The second-order valence-electron chi connectivity index (χ2n) is 4.66. The summed E-state index contributed by atoms with van der Waals surface area (Å²) in [6.45, 7) is -0.383. The highest BCUT2D eigenvalue weighted by Gasteiger charge is 2.38. The molecule has 19 heavy (non-hydrogen) atoms. The van der Waals surface area contributed by atoms with E-state index in [2.05, 4.69) is 10.1 Å². The van der Waals surface area contributed by atoms with Crippen LogP contribution in [0.2, 0.25) is 0 Å². The first kappa shape index (κ1) is 14.0. The highest BCUT2D eigenvalue weighted by atomic mass is 16.5. The molecule has 2 rings (SSSR count). The molecule has 7 heteroatoms. The molecule has 1 aliphatic carbocycles. The number of aliphatic carboxylic acids is 1. The molecule has 106 valence electrons. The second-order valence-corrected chi connectivity index (χ2v) is 4.66. The number of hydrogen-bond acceptors (Lipinski definition) is 6. The quantitative estimate of drug-likeness (QED) is 0.836. The summed E-state index contributed by atoms with van der Waals surface area (Å²) in [4.78, 5) is 14.6. The van der Waals surface area contributed by atoms with Crippen LogP contribution in [0.25, 0.3) is 0 Å². The van der Waals surface area contributed by atoms with Gasteiger partial charge in [-0.25, -0.2) is 4.79 Å². The number of rotatable bonds is 6. The summed E-state index contributed by atoms with van der Waals surface area (Å²) in [6.07, 6.45) is 5.09. The SMILES string of the molecule is COC1(c2noc(COCC(=O)O)n2)CCCCC1. The van der Waals surface area contributed by atoms with Gasteiger partial charge in [0.2, 0.25) is 5.82 Å². The first-order valence-corrected chi connectivity index (χ1v) is 6.34. The molecule has 1 N–H and O–H groups in total. The average Bonchev–Trinajstić information content (AvgIpc) is 2.88. The Balaban J connectivity index is 2.00. The Bertz CT molecular complexity index is 426. The fraction of sp³-hybridized carbons (Fsp3) is 0.750. The number of aromatic nitrogens is 2. The van der Waals surface area contributed by atoms with Gasteiger partial charge in [-0.3, -0.25) is 0 Å². The van der Waals surface area contributed by atoms with E-state index < -0.39 is 11.6 Å². The van der Waals surface area contributed by atoms with Gasteiger partial charge in [0.1, 0.15) is 18.8 Å². The van der Waals surface area contributed by atoms with Gasteiger partial charge in [-0.15, -0.1) is 0 Å². The number of carboxylic acids is 1. The molecular formula is C12H18N2O5. The van der Waals surface area contributed by atoms with Gasteiger partial charge in [0.05, 0.1) is 0 Å². The van der Waals surface area contributed by atoms with E-state index in [0.29, 0.717) is 5.82 Å². The molecule has 0 unspecified atom stereocenters. The maximum Gasteiger partial charge on any atom is 0.329 e. The van der Waals surface area contributed by atoms with Crippen molar-refractivity contribution in [3.05, 3.63) is 11.7 Å². The van der Waals surface area contributed by atoms with Gasteiger partial charge in [0.25, 0.3) is 5.89 Å². The smallest absolute Gasteiger partial charge is 0.329 e. The lowest BCUT2D eigenvalue weighted by Crippen LogP contribution is -2.32. The van der Waals surface area contributed by atoms with Crippen LogP contribution >= 0.6 is 0 Å².